The number of nitrogens with one attached hydrogen (secondary N) is 1. The van der Waals surface area contributed by atoms with Gasteiger partial charge in [-0.1, -0.05) is 0 Å². The van der Waals surface area contributed by atoms with Gasteiger partial charge in [0.1, 0.15) is 5.82 Å². The minimum atomic E-state index is -4.17. The quantitative estimate of drug-likeness (QED) is 0.769. The van der Waals surface area contributed by atoms with E-state index in [1.807, 2.05) is 32.9 Å². The molecular formula is C21H34F3N5. The van der Waals surface area contributed by atoms with E-state index in [0.29, 0.717) is 25.0 Å². The van der Waals surface area contributed by atoms with Gasteiger partial charge in [-0.15, -0.1) is 0 Å². The molecule has 1 saturated carbocycles. The van der Waals surface area contributed by atoms with Crippen LogP contribution < -0.4 is 16.0 Å². The van der Waals surface area contributed by atoms with Crippen LogP contribution in [0.15, 0.2) is 12.1 Å². The summed E-state index contributed by atoms with van der Waals surface area (Å²) in [5, 5.41) is 3.52. The van der Waals surface area contributed by atoms with Crippen LogP contribution in [0.4, 0.5) is 24.7 Å². The Morgan fingerprint density at radius 1 is 1.10 bits per heavy atom. The summed E-state index contributed by atoms with van der Waals surface area (Å²) in [6, 6.07) is 4.01. The van der Waals surface area contributed by atoms with E-state index in [2.05, 4.69) is 10.2 Å². The summed E-state index contributed by atoms with van der Waals surface area (Å²) in [5.41, 5.74) is 7.93. The molecule has 3 N–H and O–H groups in total. The van der Waals surface area contributed by atoms with Crippen molar-refractivity contribution < 1.29 is 13.2 Å². The number of anilines is 2. The SMILES string of the molecule is Cc1nc(N2C[C@@H](C)N(CC(F)(F)F)[C@@H](C)C2)ccc1NCC1CCC(N)CC1. The van der Waals surface area contributed by atoms with Crippen LogP contribution in [0.25, 0.3) is 0 Å². The van der Waals surface area contributed by atoms with Crippen LogP contribution in [0.5, 0.6) is 0 Å². The number of pyridine rings is 1. The Balaban J connectivity index is 1.58. The Kier molecular flexibility index (Phi) is 6.94. The highest BCUT2D eigenvalue weighted by molar-refractivity contribution is 5.54. The van der Waals surface area contributed by atoms with E-state index < -0.39 is 12.7 Å². The summed E-state index contributed by atoms with van der Waals surface area (Å²) >= 11 is 0. The molecule has 0 spiro atoms. The third kappa shape index (κ3) is 5.98. The van der Waals surface area contributed by atoms with E-state index in [9.17, 15) is 13.2 Å². The second-order valence-electron chi connectivity index (χ2n) is 8.85. The number of hydrogen-bond donors (Lipinski definition) is 2. The van der Waals surface area contributed by atoms with E-state index >= 15 is 0 Å². The molecule has 0 unspecified atom stereocenters. The van der Waals surface area contributed by atoms with E-state index in [4.69, 9.17) is 10.7 Å². The van der Waals surface area contributed by atoms with E-state index in [1.165, 1.54) is 4.90 Å². The first-order chi connectivity index (χ1) is 13.6. The predicted molar refractivity (Wildman–Crippen MR) is 111 cm³/mol. The Morgan fingerprint density at radius 3 is 2.28 bits per heavy atom. The molecule has 2 aliphatic rings. The van der Waals surface area contributed by atoms with Gasteiger partial charge >= 0.3 is 6.18 Å². The standard InChI is InChI=1S/C21H34F3N5/c1-14-11-28(12-15(2)29(14)13-21(22,23)24)20-9-8-19(16(3)27-20)26-10-17-4-6-18(25)7-5-17/h8-9,14-15,17-18,26H,4-7,10-13,25H2,1-3H3/t14-,15+,17?,18?. The van der Waals surface area contributed by atoms with Gasteiger partial charge in [0.05, 0.1) is 17.9 Å². The number of aromatic nitrogens is 1. The Hall–Kier alpha value is -1.54. The van der Waals surface area contributed by atoms with Gasteiger partial charge in [0.25, 0.3) is 0 Å². The van der Waals surface area contributed by atoms with Crippen LogP contribution in [0.1, 0.15) is 45.2 Å². The lowest BCUT2D eigenvalue weighted by Crippen LogP contribution is -2.59. The number of nitrogens with zero attached hydrogens (tertiary/aromatic N) is 3. The second-order valence-corrected chi connectivity index (χ2v) is 8.85. The summed E-state index contributed by atoms with van der Waals surface area (Å²) in [6.07, 6.45) is 0.349. The summed E-state index contributed by atoms with van der Waals surface area (Å²) in [6.45, 7) is 6.85. The lowest BCUT2D eigenvalue weighted by molar-refractivity contribution is -0.156. The number of halogens is 3. The highest BCUT2D eigenvalue weighted by Crippen LogP contribution is 2.28. The fraction of sp³-hybridized carbons (Fsp3) is 0.762. The Morgan fingerprint density at radius 2 is 1.72 bits per heavy atom. The molecule has 1 aromatic heterocycles. The van der Waals surface area contributed by atoms with Gasteiger partial charge in [0.15, 0.2) is 0 Å². The smallest absolute Gasteiger partial charge is 0.383 e. The van der Waals surface area contributed by atoms with Gasteiger partial charge in [-0.05, 0) is 64.5 Å². The Labute approximate surface area is 171 Å². The van der Waals surface area contributed by atoms with Crippen LogP contribution in [0.3, 0.4) is 0 Å². The van der Waals surface area contributed by atoms with Crippen LogP contribution in [-0.4, -0.2) is 60.4 Å². The summed E-state index contributed by atoms with van der Waals surface area (Å²) in [5.74, 6) is 1.49. The van der Waals surface area contributed by atoms with Gasteiger partial charge in [-0.2, -0.15) is 13.2 Å². The third-order valence-corrected chi connectivity index (χ3v) is 6.33. The van der Waals surface area contributed by atoms with E-state index in [-0.39, 0.29) is 12.1 Å². The molecule has 0 radical (unpaired) electrons. The maximum atomic E-state index is 12.8. The summed E-state index contributed by atoms with van der Waals surface area (Å²) < 4.78 is 38.5. The number of hydrogen-bond acceptors (Lipinski definition) is 5. The molecule has 1 aromatic rings. The zero-order chi connectivity index (χ0) is 21.2. The van der Waals surface area contributed by atoms with Crippen molar-refractivity contribution in [3.63, 3.8) is 0 Å². The highest BCUT2D eigenvalue weighted by atomic mass is 19.4. The topological polar surface area (TPSA) is 57.4 Å². The molecule has 0 amide bonds. The molecule has 1 aliphatic carbocycles. The summed E-state index contributed by atoms with van der Waals surface area (Å²) in [7, 11) is 0. The molecule has 29 heavy (non-hydrogen) atoms. The second kappa shape index (κ2) is 9.08. The number of rotatable bonds is 5. The third-order valence-electron chi connectivity index (χ3n) is 6.33. The van der Waals surface area contributed by atoms with Gasteiger partial charge in [-0.3, -0.25) is 4.90 Å². The van der Waals surface area contributed by atoms with Crippen molar-refractivity contribution in [1.82, 2.24) is 9.88 Å². The number of alkyl halides is 3. The Bertz CT molecular complexity index is 661. The molecule has 164 valence electrons. The van der Waals surface area contributed by atoms with Gasteiger partial charge in [-0.25, -0.2) is 4.98 Å². The van der Waals surface area contributed by atoms with E-state index in [0.717, 1.165) is 49.4 Å². The first-order valence-electron chi connectivity index (χ1n) is 10.7. The first kappa shape index (κ1) is 22.2. The molecule has 2 atom stereocenters. The number of piperazine rings is 1. The monoisotopic (exact) mass is 413 g/mol. The van der Waals surface area contributed by atoms with Crippen molar-refractivity contribution >= 4 is 11.5 Å². The largest absolute Gasteiger partial charge is 0.401 e. The normalized spacial score (nSPS) is 29.1. The number of aryl methyl sites for hydroxylation is 1. The fourth-order valence-corrected chi connectivity index (χ4v) is 4.62. The minimum absolute atomic E-state index is 0.182. The van der Waals surface area contributed by atoms with Crippen LogP contribution in [-0.2, 0) is 0 Å². The average Bonchev–Trinajstić information content (AvgIpc) is 2.64. The molecule has 1 aliphatic heterocycles. The van der Waals surface area contributed by atoms with Crippen LogP contribution in [0.2, 0.25) is 0 Å². The van der Waals surface area contributed by atoms with Gasteiger partial charge in [0.2, 0.25) is 0 Å². The first-order valence-corrected chi connectivity index (χ1v) is 10.7. The predicted octanol–water partition coefficient (Wildman–Crippen LogP) is 3.78. The van der Waals surface area contributed by atoms with Crippen molar-refractivity contribution in [1.29, 1.82) is 0 Å². The molecule has 0 bridgehead atoms. The number of nitrogens with two attached hydrogens (primary N) is 1. The molecule has 0 aromatic carbocycles. The molecule has 1 saturated heterocycles. The lowest BCUT2D eigenvalue weighted by Gasteiger charge is -2.45. The lowest BCUT2D eigenvalue weighted by atomic mass is 9.86. The molecule has 2 heterocycles. The van der Waals surface area contributed by atoms with Crippen molar-refractivity contribution in [2.75, 3.05) is 36.4 Å². The molecular weight excluding hydrogens is 379 g/mol. The van der Waals surface area contributed by atoms with Crippen molar-refractivity contribution in [2.24, 2.45) is 11.7 Å². The van der Waals surface area contributed by atoms with E-state index in [1.54, 1.807) is 0 Å². The molecule has 5 nitrogen and oxygen atoms in total. The highest BCUT2D eigenvalue weighted by Gasteiger charge is 2.38. The van der Waals surface area contributed by atoms with Crippen molar-refractivity contribution in [3.05, 3.63) is 17.8 Å². The molecule has 2 fully saturated rings. The van der Waals surface area contributed by atoms with Crippen LogP contribution in [0, 0.1) is 12.8 Å². The zero-order valence-corrected chi connectivity index (χ0v) is 17.7. The fourth-order valence-electron chi connectivity index (χ4n) is 4.62. The maximum Gasteiger partial charge on any atom is 0.401 e. The van der Waals surface area contributed by atoms with Crippen LogP contribution >= 0.6 is 0 Å². The maximum absolute atomic E-state index is 12.8. The zero-order valence-electron chi connectivity index (χ0n) is 17.7. The van der Waals surface area contributed by atoms with Gasteiger partial charge in [0, 0.05) is 37.8 Å². The van der Waals surface area contributed by atoms with Crippen molar-refractivity contribution in [3.8, 4) is 0 Å². The summed E-state index contributed by atoms with van der Waals surface area (Å²) in [4.78, 5) is 8.38. The molecule has 8 heteroatoms. The minimum Gasteiger partial charge on any atom is -0.383 e. The molecule has 3 rings (SSSR count). The van der Waals surface area contributed by atoms with Gasteiger partial charge < -0.3 is 16.0 Å². The average molecular weight is 414 g/mol. The van der Waals surface area contributed by atoms with Crippen molar-refractivity contribution in [2.45, 2.75) is 70.8 Å².